The molecule has 18 heavy (non-hydrogen) atoms. The van der Waals surface area contributed by atoms with Gasteiger partial charge in [-0.3, -0.25) is 4.79 Å². The molecule has 1 atom stereocenters. The highest BCUT2D eigenvalue weighted by Gasteiger charge is 2.31. The Morgan fingerprint density at radius 2 is 2.28 bits per heavy atom. The van der Waals surface area contributed by atoms with Crippen molar-refractivity contribution in [3.05, 3.63) is 0 Å². The average Bonchev–Trinajstić information content (AvgIpc) is 2.34. The van der Waals surface area contributed by atoms with Gasteiger partial charge in [0.2, 0.25) is 5.91 Å². The predicted octanol–water partition coefficient (Wildman–Crippen LogP) is 1.65. The van der Waals surface area contributed by atoms with Crippen molar-refractivity contribution in [2.75, 3.05) is 39.9 Å². The normalized spacial score (nSPS) is 24.3. The molecule has 4 heteroatoms. The fourth-order valence-corrected chi connectivity index (χ4v) is 2.82. The summed E-state index contributed by atoms with van der Waals surface area (Å²) in [5, 5.41) is 3.13. The van der Waals surface area contributed by atoms with Crippen molar-refractivity contribution in [3.8, 4) is 0 Å². The summed E-state index contributed by atoms with van der Waals surface area (Å²) in [6, 6.07) is 0. The first-order valence-corrected chi connectivity index (χ1v) is 7.09. The molecule has 0 radical (unpaired) electrons. The summed E-state index contributed by atoms with van der Waals surface area (Å²) in [6.45, 7) is 8.21. The van der Waals surface area contributed by atoms with Gasteiger partial charge in [0.1, 0.15) is 0 Å². The van der Waals surface area contributed by atoms with Crippen LogP contribution in [0.1, 0.15) is 39.5 Å². The van der Waals surface area contributed by atoms with E-state index in [2.05, 4.69) is 19.2 Å². The summed E-state index contributed by atoms with van der Waals surface area (Å²) in [4.78, 5) is 14.1. The number of carbonyl (C=O) groups excluding carboxylic acids is 1. The first kappa shape index (κ1) is 15.4. The van der Waals surface area contributed by atoms with Gasteiger partial charge in [-0.2, -0.15) is 0 Å². The van der Waals surface area contributed by atoms with Gasteiger partial charge in [0, 0.05) is 26.7 Å². The number of ether oxygens (including phenoxy) is 1. The molecule has 0 aromatic carbocycles. The SMILES string of the molecule is CCCC1(C)CCCN(C(=O)CNCCOC)C1. The van der Waals surface area contributed by atoms with Gasteiger partial charge in [0.05, 0.1) is 13.2 Å². The quantitative estimate of drug-likeness (QED) is 0.704. The van der Waals surface area contributed by atoms with E-state index in [1.807, 2.05) is 4.90 Å². The highest BCUT2D eigenvalue weighted by Crippen LogP contribution is 2.33. The summed E-state index contributed by atoms with van der Waals surface area (Å²) in [6.07, 6.45) is 4.81. The van der Waals surface area contributed by atoms with Crippen molar-refractivity contribution in [2.45, 2.75) is 39.5 Å². The molecule has 1 rings (SSSR count). The van der Waals surface area contributed by atoms with Crippen molar-refractivity contribution in [2.24, 2.45) is 5.41 Å². The topological polar surface area (TPSA) is 41.6 Å². The molecular formula is C14H28N2O2. The molecule has 1 saturated heterocycles. The minimum Gasteiger partial charge on any atom is -0.383 e. The lowest BCUT2D eigenvalue weighted by molar-refractivity contribution is -0.133. The average molecular weight is 256 g/mol. The van der Waals surface area contributed by atoms with E-state index >= 15 is 0 Å². The van der Waals surface area contributed by atoms with E-state index in [0.29, 0.717) is 18.6 Å². The fraction of sp³-hybridized carbons (Fsp3) is 0.929. The Morgan fingerprint density at radius 1 is 1.50 bits per heavy atom. The number of nitrogens with zero attached hydrogens (tertiary/aromatic N) is 1. The molecule has 1 aliphatic rings. The number of hydrogen-bond donors (Lipinski definition) is 1. The second kappa shape index (κ2) is 7.74. The monoisotopic (exact) mass is 256 g/mol. The highest BCUT2D eigenvalue weighted by molar-refractivity contribution is 5.78. The summed E-state index contributed by atoms with van der Waals surface area (Å²) in [7, 11) is 1.67. The zero-order valence-electron chi connectivity index (χ0n) is 12.1. The molecule has 1 N–H and O–H groups in total. The number of methoxy groups -OCH3 is 1. The summed E-state index contributed by atoms with van der Waals surface area (Å²) in [5.41, 5.74) is 0.329. The van der Waals surface area contributed by atoms with Gasteiger partial charge in [-0.15, -0.1) is 0 Å². The Balaban J connectivity index is 2.34. The molecular weight excluding hydrogens is 228 g/mol. The molecule has 4 nitrogen and oxygen atoms in total. The van der Waals surface area contributed by atoms with E-state index in [4.69, 9.17) is 4.74 Å². The lowest BCUT2D eigenvalue weighted by Crippen LogP contribution is -2.47. The second-order valence-corrected chi connectivity index (χ2v) is 5.65. The molecule has 0 saturated carbocycles. The first-order chi connectivity index (χ1) is 8.61. The Labute approximate surface area is 111 Å². The van der Waals surface area contributed by atoms with Crippen LogP contribution in [-0.4, -0.2) is 50.7 Å². The molecule has 0 aliphatic carbocycles. The Morgan fingerprint density at radius 3 is 2.94 bits per heavy atom. The minimum absolute atomic E-state index is 0.230. The summed E-state index contributed by atoms with van der Waals surface area (Å²) < 4.78 is 4.95. The molecule has 0 aromatic heterocycles. The summed E-state index contributed by atoms with van der Waals surface area (Å²) >= 11 is 0. The van der Waals surface area contributed by atoms with E-state index in [9.17, 15) is 4.79 Å². The second-order valence-electron chi connectivity index (χ2n) is 5.65. The highest BCUT2D eigenvalue weighted by atomic mass is 16.5. The van der Waals surface area contributed by atoms with Crippen molar-refractivity contribution in [3.63, 3.8) is 0 Å². The molecule has 1 unspecified atom stereocenters. The van der Waals surface area contributed by atoms with Crippen molar-refractivity contribution in [1.29, 1.82) is 0 Å². The standard InChI is InChI=1S/C14H28N2O2/c1-4-6-14(2)7-5-9-16(12-14)13(17)11-15-8-10-18-3/h15H,4-12H2,1-3H3. The van der Waals surface area contributed by atoms with Crippen molar-refractivity contribution in [1.82, 2.24) is 10.2 Å². The van der Waals surface area contributed by atoms with Crippen LogP contribution in [0.5, 0.6) is 0 Å². The van der Waals surface area contributed by atoms with E-state index in [-0.39, 0.29) is 5.91 Å². The largest absolute Gasteiger partial charge is 0.383 e. The third-order valence-electron chi connectivity index (χ3n) is 3.75. The Bertz CT molecular complexity index is 254. The number of rotatable bonds is 7. The molecule has 1 aliphatic heterocycles. The smallest absolute Gasteiger partial charge is 0.236 e. The molecule has 106 valence electrons. The first-order valence-electron chi connectivity index (χ1n) is 7.09. The van der Waals surface area contributed by atoms with E-state index in [0.717, 1.165) is 26.1 Å². The lowest BCUT2D eigenvalue weighted by atomic mass is 9.78. The van der Waals surface area contributed by atoms with Crippen molar-refractivity contribution >= 4 is 5.91 Å². The number of hydrogen-bond acceptors (Lipinski definition) is 3. The predicted molar refractivity (Wildman–Crippen MR) is 73.6 cm³/mol. The third kappa shape index (κ3) is 4.94. The van der Waals surface area contributed by atoms with Crippen LogP contribution >= 0.6 is 0 Å². The van der Waals surface area contributed by atoms with Gasteiger partial charge in [-0.1, -0.05) is 20.3 Å². The maximum atomic E-state index is 12.1. The van der Waals surface area contributed by atoms with Gasteiger partial charge >= 0.3 is 0 Å². The number of carbonyl (C=O) groups is 1. The van der Waals surface area contributed by atoms with E-state index in [1.165, 1.54) is 19.3 Å². The van der Waals surface area contributed by atoms with Crippen LogP contribution in [0.3, 0.4) is 0 Å². The molecule has 0 aromatic rings. The number of nitrogens with one attached hydrogen (secondary N) is 1. The molecule has 0 spiro atoms. The van der Waals surface area contributed by atoms with Gasteiger partial charge in [0.25, 0.3) is 0 Å². The van der Waals surface area contributed by atoms with E-state index in [1.54, 1.807) is 7.11 Å². The van der Waals surface area contributed by atoms with Crippen LogP contribution in [0, 0.1) is 5.41 Å². The molecule has 1 fully saturated rings. The van der Waals surface area contributed by atoms with Crippen LogP contribution in [0.15, 0.2) is 0 Å². The number of likely N-dealkylation sites (tertiary alicyclic amines) is 1. The molecule has 1 heterocycles. The van der Waals surface area contributed by atoms with Gasteiger partial charge in [-0.25, -0.2) is 0 Å². The Kier molecular flexibility index (Phi) is 6.65. The Hall–Kier alpha value is -0.610. The van der Waals surface area contributed by atoms with E-state index < -0.39 is 0 Å². The molecule has 0 bridgehead atoms. The number of amides is 1. The van der Waals surface area contributed by atoms with Gasteiger partial charge in [0.15, 0.2) is 0 Å². The van der Waals surface area contributed by atoms with Crippen molar-refractivity contribution < 1.29 is 9.53 Å². The van der Waals surface area contributed by atoms with Gasteiger partial charge < -0.3 is 15.0 Å². The zero-order valence-corrected chi connectivity index (χ0v) is 12.1. The van der Waals surface area contributed by atoms with Crippen LogP contribution in [0.4, 0.5) is 0 Å². The summed E-state index contributed by atoms with van der Waals surface area (Å²) in [5.74, 6) is 0.230. The van der Waals surface area contributed by atoms with Crippen LogP contribution in [0.2, 0.25) is 0 Å². The number of piperidine rings is 1. The van der Waals surface area contributed by atoms with Crippen LogP contribution < -0.4 is 5.32 Å². The van der Waals surface area contributed by atoms with Crippen LogP contribution in [0.25, 0.3) is 0 Å². The maximum absolute atomic E-state index is 12.1. The lowest BCUT2D eigenvalue weighted by Gasteiger charge is -2.40. The fourth-order valence-electron chi connectivity index (χ4n) is 2.82. The maximum Gasteiger partial charge on any atom is 0.236 e. The molecule has 1 amide bonds. The zero-order chi connectivity index (χ0) is 13.4. The minimum atomic E-state index is 0.230. The van der Waals surface area contributed by atoms with Gasteiger partial charge in [-0.05, 0) is 24.7 Å². The van der Waals surface area contributed by atoms with Crippen LogP contribution in [-0.2, 0) is 9.53 Å². The third-order valence-corrected chi connectivity index (χ3v) is 3.75.